The molecule has 1 amide bonds. The molecule has 0 atom stereocenters. The van der Waals surface area contributed by atoms with E-state index in [1.165, 1.54) is 12.8 Å². The molecule has 3 N–H and O–H groups in total. The van der Waals surface area contributed by atoms with Crippen molar-refractivity contribution in [2.24, 2.45) is 5.92 Å². The SMILES string of the molecule is O=C(O)CC1(NC(=O)CCc2ccc(/C(=C\C3CCCC3)c3ccc(C4CC4)c(=O)[nH]3)cc2Cl)COC1. The highest BCUT2D eigenvalue weighted by Crippen LogP contribution is 2.39. The van der Waals surface area contributed by atoms with Gasteiger partial charge in [-0.1, -0.05) is 48.7 Å². The number of aryl methyl sites for hydroxylation is 1. The van der Waals surface area contributed by atoms with Gasteiger partial charge < -0.3 is 20.1 Å². The molecule has 2 aliphatic carbocycles. The van der Waals surface area contributed by atoms with Crippen molar-refractivity contribution in [3.8, 4) is 0 Å². The molecule has 1 aromatic carbocycles. The Labute approximate surface area is 221 Å². The molecule has 37 heavy (non-hydrogen) atoms. The maximum Gasteiger partial charge on any atom is 0.305 e. The number of carbonyl (C=O) groups excluding carboxylic acids is 1. The quantitative estimate of drug-likeness (QED) is 0.413. The van der Waals surface area contributed by atoms with Crippen LogP contribution in [0.25, 0.3) is 5.57 Å². The first kappa shape index (κ1) is 25.7. The molecule has 2 aromatic rings. The third kappa shape index (κ3) is 6.16. The minimum absolute atomic E-state index is 0.0106. The molecule has 2 heterocycles. The van der Waals surface area contributed by atoms with E-state index in [0.29, 0.717) is 23.3 Å². The van der Waals surface area contributed by atoms with E-state index in [0.717, 1.165) is 53.6 Å². The number of pyridine rings is 1. The molecular weight excluding hydrogens is 492 g/mol. The van der Waals surface area contributed by atoms with E-state index < -0.39 is 11.5 Å². The lowest BCUT2D eigenvalue weighted by Gasteiger charge is -2.40. The number of allylic oxidation sites excluding steroid dienone is 1. The third-order valence-electron chi connectivity index (χ3n) is 7.69. The summed E-state index contributed by atoms with van der Waals surface area (Å²) in [5.41, 5.74) is 3.61. The van der Waals surface area contributed by atoms with Crippen LogP contribution in [0.5, 0.6) is 0 Å². The van der Waals surface area contributed by atoms with Crippen molar-refractivity contribution in [2.45, 2.75) is 69.2 Å². The highest BCUT2D eigenvalue weighted by Gasteiger charge is 2.41. The summed E-state index contributed by atoms with van der Waals surface area (Å²) in [6.07, 6.45) is 9.62. The van der Waals surface area contributed by atoms with Crippen LogP contribution in [0.15, 0.2) is 41.2 Å². The minimum Gasteiger partial charge on any atom is -0.481 e. The first-order valence-corrected chi connectivity index (χ1v) is 13.5. The molecule has 1 saturated heterocycles. The van der Waals surface area contributed by atoms with Crippen LogP contribution in [0.2, 0.25) is 5.02 Å². The van der Waals surface area contributed by atoms with E-state index in [-0.39, 0.29) is 37.5 Å². The number of carboxylic acid groups (broad SMARTS) is 1. The molecule has 0 spiro atoms. The Kier molecular flexibility index (Phi) is 7.54. The molecule has 3 fully saturated rings. The van der Waals surface area contributed by atoms with Gasteiger partial charge in [0.25, 0.3) is 5.56 Å². The number of rotatable bonds is 10. The fourth-order valence-electron chi connectivity index (χ4n) is 5.44. The van der Waals surface area contributed by atoms with Crippen LogP contribution in [0.1, 0.15) is 79.7 Å². The van der Waals surface area contributed by atoms with Crippen LogP contribution < -0.4 is 10.9 Å². The smallest absolute Gasteiger partial charge is 0.305 e. The number of hydrogen-bond acceptors (Lipinski definition) is 4. The summed E-state index contributed by atoms with van der Waals surface area (Å²) >= 11 is 6.68. The average molecular weight is 525 g/mol. The van der Waals surface area contributed by atoms with Crippen LogP contribution in [-0.2, 0) is 20.7 Å². The second kappa shape index (κ2) is 10.8. The first-order valence-electron chi connectivity index (χ1n) is 13.2. The van der Waals surface area contributed by atoms with Crippen molar-refractivity contribution in [1.29, 1.82) is 0 Å². The van der Waals surface area contributed by atoms with Crippen molar-refractivity contribution in [2.75, 3.05) is 13.2 Å². The molecule has 8 heteroatoms. The van der Waals surface area contributed by atoms with Crippen LogP contribution in [0.4, 0.5) is 0 Å². The Morgan fingerprint density at radius 3 is 2.49 bits per heavy atom. The number of H-pyrrole nitrogens is 1. The van der Waals surface area contributed by atoms with E-state index in [1.54, 1.807) is 0 Å². The topological polar surface area (TPSA) is 108 Å². The molecule has 7 nitrogen and oxygen atoms in total. The number of carboxylic acids is 1. The van der Waals surface area contributed by atoms with Gasteiger partial charge in [0.15, 0.2) is 0 Å². The van der Waals surface area contributed by atoms with Gasteiger partial charge in [-0.15, -0.1) is 0 Å². The molecule has 0 bridgehead atoms. The summed E-state index contributed by atoms with van der Waals surface area (Å²) in [5.74, 6) is -0.328. The lowest BCUT2D eigenvalue weighted by Crippen LogP contribution is -2.63. The van der Waals surface area contributed by atoms with Crippen molar-refractivity contribution in [3.05, 3.63) is 74.2 Å². The van der Waals surface area contributed by atoms with Gasteiger partial charge in [-0.25, -0.2) is 0 Å². The van der Waals surface area contributed by atoms with E-state index in [1.807, 2.05) is 30.3 Å². The summed E-state index contributed by atoms with van der Waals surface area (Å²) in [7, 11) is 0. The van der Waals surface area contributed by atoms with Gasteiger partial charge in [-0.3, -0.25) is 14.4 Å². The number of aromatic amines is 1. The summed E-state index contributed by atoms with van der Waals surface area (Å²) in [6.45, 7) is 0.417. The summed E-state index contributed by atoms with van der Waals surface area (Å²) in [6, 6.07) is 9.82. The van der Waals surface area contributed by atoms with Crippen molar-refractivity contribution in [1.82, 2.24) is 10.3 Å². The molecular formula is C29H33ClN2O5. The Morgan fingerprint density at radius 1 is 1.14 bits per heavy atom. The van der Waals surface area contributed by atoms with E-state index >= 15 is 0 Å². The second-order valence-electron chi connectivity index (χ2n) is 10.8. The molecule has 0 unspecified atom stereocenters. The lowest BCUT2D eigenvalue weighted by atomic mass is 9.92. The van der Waals surface area contributed by atoms with Gasteiger partial charge in [-0.2, -0.15) is 0 Å². The fourth-order valence-corrected chi connectivity index (χ4v) is 5.71. The molecule has 2 saturated carbocycles. The van der Waals surface area contributed by atoms with Crippen LogP contribution in [0, 0.1) is 5.92 Å². The maximum absolute atomic E-state index is 12.8. The number of ether oxygens (including phenoxy) is 1. The molecule has 0 radical (unpaired) electrons. The van der Waals surface area contributed by atoms with E-state index in [4.69, 9.17) is 21.4 Å². The third-order valence-corrected chi connectivity index (χ3v) is 8.04. The molecule has 5 rings (SSSR count). The lowest BCUT2D eigenvalue weighted by molar-refractivity contribution is -0.149. The summed E-state index contributed by atoms with van der Waals surface area (Å²) < 4.78 is 5.14. The normalized spacial score (nSPS) is 19.4. The van der Waals surface area contributed by atoms with Gasteiger partial charge in [0.05, 0.1) is 25.2 Å². The van der Waals surface area contributed by atoms with Gasteiger partial charge in [-0.05, 0) is 67.2 Å². The number of halogens is 1. The van der Waals surface area contributed by atoms with Gasteiger partial charge in [0.2, 0.25) is 5.91 Å². The van der Waals surface area contributed by atoms with Crippen LogP contribution >= 0.6 is 11.6 Å². The van der Waals surface area contributed by atoms with Crippen molar-refractivity contribution in [3.63, 3.8) is 0 Å². The number of carbonyl (C=O) groups is 2. The van der Waals surface area contributed by atoms with Crippen molar-refractivity contribution >= 4 is 29.1 Å². The monoisotopic (exact) mass is 524 g/mol. The average Bonchev–Trinajstić information content (AvgIpc) is 3.54. The second-order valence-corrected chi connectivity index (χ2v) is 11.2. The van der Waals surface area contributed by atoms with Crippen molar-refractivity contribution < 1.29 is 19.4 Å². The number of aromatic nitrogens is 1. The molecule has 1 aromatic heterocycles. The van der Waals surface area contributed by atoms with Gasteiger partial charge in [0, 0.05) is 28.3 Å². The Bertz CT molecular complexity index is 1270. The Balaban J connectivity index is 1.32. The highest BCUT2D eigenvalue weighted by atomic mass is 35.5. The largest absolute Gasteiger partial charge is 0.481 e. The minimum atomic E-state index is -0.966. The molecule has 196 valence electrons. The maximum atomic E-state index is 12.8. The predicted molar refractivity (Wildman–Crippen MR) is 142 cm³/mol. The number of hydrogen-bond donors (Lipinski definition) is 3. The van der Waals surface area contributed by atoms with E-state index in [2.05, 4.69) is 16.4 Å². The zero-order valence-corrected chi connectivity index (χ0v) is 21.6. The highest BCUT2D eigenvalue weighted by molar-refractivity contribution is 6.31. The summed E-state index contributed by atoms with van der Waals surface area (Å²) in [5, 5.41) is 12.5. The molecule has 3 aliphatic rings. The first-order chi connectivity index (χ1) is 17.8. The van der Waals surface area contributed by atoms with Gasteiger partial charge >= 0.3 is 5.97 Å². The number of nitrogens with one attached hydrogen (secondary N) is 2. The van der Waals surface area contributed by atoms with E-state index in [9.17, 15) is 14.4 Å². The fraction of sp³-hybridized carbons (Fsp3) is 0.483. The standard InChI is InChI=1S/C29H33ClN2O5/c30-24-14-21(8-7-20(24)9-12-26(33)32-29(15-27(34)35)16-37-17-29)23(13-18-3-1-2-4-18)25-11-10-22(19-5-6-19)28(36)31-25/h7-8,10-11,13-14,18-19H,1-6,9,12,15-17H2,(H,31,36)(H,32,33)(H,34,35)/b23-13+. The zero-order valence-electron chi connectivity index (χ0n) is 20.9. The Morgan fingerprint density at radius 2 is 1.89 bits per heavy atom. The predicted octanol–water partition coefficient (Wildman–Crippen LogP) is 4.82. The number of amides is 1. The summed E-state index contributed by atoms with van der Waals surface area (Å²) in [4.78, 5) is 39.5. The Hall–Kier alpha value is -2.90. The number of benzene rings is 1. The van der Waals surface area contributed by atoms with Crippen LogP contribution in [0.3, 0.4) is 0 Å². The zero-order chi connectivity index (χ0) is 26.0. The van der Waals surface area contributed by atoms with Gasteiger partial charge in [0.1, 0.15) is 0 Å². The number of aliphatic carboxylic acids is 1. The molecule has 1 aliphatic heterocycles. The van der Waals surface area contributed by atoms with Crippen LogP contribution in [-0.4, -0.2) is 40.7 Å².